The Balaban J connectivity index is 2.09. The third kappa shape index (κ3) is 3.32. The molecular weight excluding hydrogens is 244 g/mol. The van der Waals surface area contributed by atoms with Crippen molar-refractivity contribution in [3.63, 3.8) is 0 Å². The summed E-state index contributed by atoms with van der Waals surface area (Å²) in [6.07, 6.45) is 2.97. The second kappa shape index (κ2) is 6.33. The number of piperidine rings is 1. The highest BCUT2D eigenvalue weighted by Gasteiger charge is 2.22. The minimum atomic E-state index is -0.451. The van der Waals surface area contributed by atoms with Gasteiger partial charge in [-0.15, -0.1) is 0 Å². The number of ether oxygens (including phenoxy) is 1. The van der Waals surface area contributed by atoms with Gasteiger partial charge in [0, 0.05) is 0 Å². The Kier molecular flexibility index (Phi) is 4.52. The van der Waals surface area contributed by atoms with Crippen LogP contribution in [0.5, 0.6) is 0 Å². The van der Waals surface area contributed by atoms with E-state index in [4.69, 9.17) is 4.74 Å². The number of esters is 1. The van der Waals surface area contributed by atoms with Crippen molar-refractivity contribution in [2.45, 2.75) is 25.3 Å². The Morgan fingerprint density at radius 2 is 2.11 bits per heavy atom. The van der Waals surface area contributed by atoms with E-state index < -0.39 is 5.97 Å². The summed E-state index contributed by atoms with van der Waals surface area (Å²) in [6.45, 7) is 0.858. The van der Waals surface area contributed by atoms with Gasteiger partial charge in [0.1, 0.15) is 0 Å². The minimum Gasteiger partial charge on any atom is -0.465 e. The average molecular weight is 262 g/mol. The second-order valence-electron chi connectivity index (χ2n) is 4.53. The van der Waals surface area contributed by atoms with Crippen molar-refractivity contribution >= 4 is 17.6 Å². The van der Waals surface area contributed by atoms with Crippen molar-refractivity contribution in [3.8, 4) is 0 Å². The Labute approximate surface area is 112 Å². The predicted molar refractivity (Wildman–Crippen MR) is 72.1 cm³/mol. The molecule has 19 heavy (non-hydrogen) atoms. The first-order valence-electron chi connectivity index (χ1n) is 6.44. The average Bonchev–Trinajstić information content (AvgIpc) is 2.48. The molecule has 1 saturated heterocycles. The van der Waals surface area contributed by atoms with Gasteiger partial charge in [-0.2, -0.15) is 0 Å². The van der Waals surface area contributed by atoms with Crippen LogP contribution in [0.3, 0.4) is 0 Å². The van der Waals surface area contributed by atoms with Crippen LogP contribution in [0, 0.1) is 0 Å². The maximum atomic E-state index is 12.1. The summed E-state index contributed by atoms with van der Waals surface area (Å²) in [7, 11) is 1.32. The first kappa shape index (κ1) is 13.5. The predicted octanol–water partition coefficient (Wildman–Crippen LogP) is 1.55. The molecule has 1 aromatic carbocycles. The Morgan fingerprint density at radius 3 is 2.79 bits per heavy atom. The number of benzene rings is 1. The van der Waals surface area contributed by atoms with Gasteiger partial charge in [0.2, 0.25) is 5.91 Å². The van der Waals surface area contributed by atoms with Crippen LogP contribution < -0.4 is 10.6 Å². The van der Waals surface area contributed by atoms with Crippen LogP contribution in [0.1, 0.15) is 29.6 Å². The van der Waals surface area contributed by atoms with Crippen LogP contribution in [0.25, 0.3) is 0 Å². The fourth-order valence-electron chi connectivity index (χ4n) is 2.18. The van der Waals surface area contributed by atoms with E-state index in [-0.39, 0.29) is 11.9 Å². The Morgan fingerprint density at radius 1 is 1.32 bits per heavy atom. The van der Waals surface area contributed by atoms with Crippen molar-refractivity contribution in [1.29, 1.82) is 0 Å². The van der Waals surface area contributed by atoms with Crippen molar-refractivity contribution in [1.82, 2.24) is 5.32 Å². The van der Waals surface area contributed by atoms with E-state index in [1.165, 1.54) is 7.11 Å². The summed E-state index contributed by atoms with van der Waals surface area (Å²) in [6, 6.07) is 6.67. The minimum absolute atomic E-state index is 0.101. The molecule has 0 saturated carbocycles. The van der Waals surface area contributed by atoms with Gasteiger partial charge in [0.15, 0.2) is 0 Å². The molecule has 102 valence electrons. The first-order valence-corrected chi connectivity index (χ1v) is 6.44. The Hall–Kier alpha value is -1.88. The lowest BCUT2D eigenvalue weighted by molar-refractivity contribution is -0.118. The lowest BCUT2D eigenvalue weighted by Gasteiger charge is -2.22. The number of hydrogen-bond acceptors (Lipinski definition) is 4. The molecule has 1 amide bonds. The highest BCUT2D eigenvalue weighted by atomic mass is 16.5. The highest BCUT2D eigenvalue weighted by Crippen LogP contribution is 2.17. The number of para-hydroxylation sites is 1. The van der Waals surface area contributed by atoms with Crippen LogP contribution in [0.2, 0.25) is 0 Å². The van der Waals surface area contributed by atoms with Crippen molar-refractivity contribution in [2.75, 3.05) is 19.0 Å². The normalized spacial score (nSPS) is 18.7. The zero-order chi connectivity index (χ0) is 13.7. The molecule has 1 unspecified atom stereocenters. The van der Waals surface area contributed by atoms with E-state index in [9.17, 15) is 9.59 Å². The molecule has 5 heteroatoms. The maximum Gasteiger partial charge on any atom is 0.339 e. The van der Waals surface area contributed by atoms with Crippen LogP contribution in [0.15, 0.2) is 24.3 Å². The number of carbonyl (C=O) groups excluding carboxylic acids is 2. The summed E-state index contributed by atoms with van der Waals surface area (Å²) in [5, 5.41) is 5.97. The summed E-state index contributed by atoms with van der Waals surface area (Å²) < 4.78 is 4.70. The van der Waals surface area contributed by atoms with Crippen LogP contribution in [-0.2, 0) is 9.53 Å². The van der Waals surface area contributed by atoms with Gasteiger partial charge in [-0.25, -0.2) is 4.79 Å². The van der Waals surface area contributed by atoms with Gasteiger partial charge in [-0.3, -0.25) is 4.79 Å². The van der Waals surface area contributed by atoms with E-state index in [0.29, 0.717) is 11.3 Å². The molecule has 0 spiro atoms. The summed E-state index contributed by atoms with van der Waals surface area (Å²) in [5.41, 5.74) is 0.862. The quantitative estimate of drug-likeness (QED) is 0.811. The number of anilines is 1. The number of amides is 1. The molecule has 0 radical (unpaired) electrons. The van der Waals surface area contributed by atoms with Gasteiger partial charge >= 0.3 is 5.97 Å². The van der Waals surface area contributed by atoms with E-state index >= 15 is 0 Å². The first-order chi connectivity index (χ1) is 9.22. The van der Waals surface area contributed by atoms with Crippen molar-refractivity contribution in [2.24, 2.45) is 0 Å². The van der Waals surface area contributed by atoms with Gasteiger partial charge in [0.05, 0.1) is 24.4 Å². The van der Waals surface area contributed by atoms with Crippen LogP contribution in [-0.4, -0.2) is 31.6 Å². The standard InChI is InChI=1S/C14H18N2O3/c1-19-14(18)10-6-2-3-7-11(10)16-13(17)12-8-4-5-9-15-12/h2-3,6-7,12,15H,4-5,8-9H2,1H3,(H,16,17). The zero-order valence-corrected chi connectivity index (χ0v) is 10.9. The second-order valence-corrected chi connectivity index (χ2v) is 4.53. The molecule has 1 fully saturated rings. The molecule has 5 nitrogen and oxygen atoms in total. The van der Waals surface area contributed by atoms with Crippen molar-refractivity contribution in [3.05, 3.63) is 29.8 Å². The lowest BCUT2D eigenvalue weighted by atomic mass is 10.0. The third-order valence-corrected chi connectivity index (χ3v) is 3.22. The number of rotatable bonds is 3. The molecule has 2 N–H and O–H groups in total. The van der Waals surface area contributed by atoms with Crippen molar-refractivity contribution < 1.29 is 14.3 Å². The fourth-order valence-corrected chi connectivity index (χ4v) is 2.18. The van der Waals surface area contributed by atoms with Gasteiger partial charge in [0.25, 0.3) is 0 Å². The molecule has 1 aliphatic heterocycles. The maximum absolute atomic E-state index is 12.1. The highest BCUT2D eigenvalue weighted by molar-refractivity contribution is 6.02. The number of methoxy groups -OCH3 is 1. The summed E-state index contributed by atoms with van der Waals surface area (Å²) in [4.78, 5) is 23.7. The molecule has 1 aromatic rings. The van der Waals surface area contributed by atoms with E-state index in [0.717, 1.165) is 25.8 Å². The fraction of sp³-hybridized carbons (Fsp3) is 0.429. The van der Waals surface area contributed by atoms with Gasteiger partial charge < -0.3 is 15.4 Å². The largest absolute Gasteiger partial charge is 0.465 e. The SMILES string of the molecule is COC(=O)c1ccccc1NC(=O)C1CCCCN1. The summed E-state index contributed by atoms with van der Waals surface area (Å²) in [5.74, 6) is -0.552. The number of nitrogens with one attached hydrogen (secondary N) is 2. The van der Waals surface area contributed by atoms with Gasteiger partial charge in [-0.1, -0.05) is 18.6 Å². The molecule has 1 heterocycles. The monoisotopic (exact) mass is 262 g/mol. The molecule has 2 rings (SSSR count). The van der Waals surface area contributed by atoms with Gasteiger partial charge in [-0.05, 0) is 31.5 Å². The molecule has 1 atom stereocenters. The molecule has 0 aliphatic carbocycles. The van der Waals surface area contributed by atoms with Crippen LogP contribution in [0.4, 0.5) is 5.69 Å². The van der Waals surface area contributed by atoms with Crippen LogP contribution >= 0.6 is 0 Å². The molecule has 0 bridgehead atoms. The van der Waals surface area contributed by atoms with E-state index in [2.05, 4.69) is 10.6 Å². The smallest absolute Gasteiger partial charge is 0.339 e. The zero-order valence-electron chi connectivity index (χ0n) is 10.9. The lowest BCUT2D eigenvalue weighted by Crippen LogP contribution is -2.43. The third-order valence-electron chi connectivity index (χ3n) is 3.22. The summed E-state index contributed by atoms with van der Waals surface area (Å²) >= 11 is 0. The molecule has 0 aromatic heterocycles. The number of carbonyl (C=O) groups is 2. The molecular formula is C14H18N2O3. The Bertz CT molecular complexity index is 468. The van der Waals surface area contributed by atoms with E-state index in [1.54, 1.807) is 24.3 Å². The molecule has 1 aliphatic rings. The topological polar surface area (TPSA) is 67.4 Å². The van der Waals surface area contributed by atoms with E-state index in [1.807, 2.05) is 0 Å². The number of hydrogen-bond donors (Lipinski definition) is 2.